The number of anilines is 1. The fourth-order valence-electron chi connectivity index (χ4n) is 1.93. The third kappa shape index (κ3) is 4.51. The van der Waals surface area contributed by atoms with Gasteiger partial charge in [-0.15, -0.1) is 0 Å². The van der Waals surface area contributed by atoms with Crippen LogP contribution in [0, 0.1) is 5.82 Å². The van der Waals surface area contributed by atoms with Gasteiger partial charge in [0.2, 0.25) is 0 Å². The van der Waals surface area contributed by atoms with Gasteiger partial charge >= 0.3 is 0 Å². The van der Waals surface area contributed by atoms with Crippen molar-refractivity contribution in [2.75, 3.05) is 18.4 Å². The number of aromatic nitrogens is 2. The molecule has 0 aliphatic rings. The zero-order chi connectivity index (χ0) is 15.8. The van der Waals surface area contributed by atoms with Gasteiger partial charge in [-0.25, -0.2) is 14.4 Å². The second kappa shape index (κ2) is 8.07. The summed E-state index contributed by atoms with van der Waals surface area (Å²) < 4.78 is 13.5. The Balaban J connectivity index is 1.90. The topological polar surface area (TPSA) is 66.9 Å². The highest BCUT2D eigenvalue weighted by Crippen LogP contribution is 2.08. The first-order valence-electron chi connectivity index (χ1n) is 7.28. The van der Waals surface area contributed by atoms with Crippen molar-refractivity contribution in [3.63, 3.8) is 0 Å². The van der Waals surface area contributed by atoms with Crippen molar-refractivity contribution < 1.29 is 9.18 Å². The van der Waals surface area contributed by atoms with Crippen molar-refractivity contribution in [3.05, 3.63) is 53.7 Å². The lowest BCUT2D eigenvalue weighted by Crippen LogP contribution is -2.25. The fourth-order valence-corrected chi connectivity index (χ4v) is 1.93. The number of rotatable bonds is 7. The maximum Gasteiger partial charge on any atom is 0.270 e. The largest absolute Gasteiger partial charge is 0.370 e. The predicted molar refractivity (Wildman–Crippen MR) is 83.2 cm³/mol. The van der Waals surface area contributed by atoms with Gasteiger partial charge in [-0.2, -0.15) is 0 Å². The van der Waals surface area contributed by atoms with Crippen LogP contribution in [0.15, 0.2) is 36.7 Å². The van der Waals surface area contributed by atoms with Crippen molar-refractivity contribution in [1.82, 2.24) is 15.3 Å². The second-order valence-electron chi connectivity index (χ2n) is 4.81. The fraction of sp³-hybridized carbons (Fsp3) is 0.312. The standard InChI is InChI=1S/C16H19FN4O/c1-2-8-19-16(22)14-10-15(21-11-20-14)18-9-7-12-5-3-4-6-13(12)17/h3-6,10-11H,2,7-9H2,1H3,(H,19,22)(H,18,20,21). The summed E-state index contributed by atoms with van der Waals surface area (Å²) >= 11 is 0. The number of nitrogens with one attached hydrogen (secondary N) is 2. The SMILES string of the molecule is CCCNC(=O)c1cc(NCCc2ccccc2F)ncn1. The molecule has 2 rings (SSSR count). The quantitative estimate of drug-likeness (QED) is 0.824. The van der Waals surface area contributed by atoms with E-state index in [0.29, 0.717) is 36.6 Å². The molecule has 116 valence electrons. The van der Waals surface area contributed by atoms with Crippen LogP contribution >= 0.6 is 0 Å². The Bertz CT molecular complexity index is 633. The average molecular weight is 302 g/mol. The minimum absolute atomic E-state index is 0.216. The van der Waals surface area contributed by atoms with Gasteiger partial charge in [0.15, 0.2) is 0 Å². The molecule has 0 spiro atoms. The van der Waals surface area contributed by atoms with Crippen molar-refractivity contribution >= 4 is 11.7 Å². The normalized spacial score (nSPS) is 10.3. The van der Waals surface area contributed by atoms with E-state index in [0.717, 1.165) is 6.42 Å². The molecule has 0 saturated carbocycles. The van der Waals surface area contributed by atoms with Gasteiger partial charge in [-0.1, -0.05) is 25.1 Å². The van der Waals surface area contributed by atoms with Crippen LogP contribution in [0.2, 0.25) is 0 Å². The Hall–Kier alpha value is -2.50. The summed E-state index contributed by atoms with van der Waals surface area (Å²) in [6.45, 7) is 3.11. The first-order valence-corrected chi connectivity index (χ1v) is 7.28. The van der Waals surface area contributed by atoms with Crippen molar-refractivity contribution in [2.24, 2.45) is 0 Å². The molecule has 0 fully saturated rings. The molecule has 0 unspecified atom stereocenters. The molecular formula is C16H19FN4O. The Kier molecular flexibility index (Phi) is 5.82. The number of amides is 1. The first kappa shape index (κ1) is 15.9. The maximum absolute atomic E-state index is 13.5. The number of hydrogen-bond acceptors (Lipinski definition) is 4. The Morgan fingerprint density at radius 3 is 2.82 bits per heavy atom. The lowest BCUT2D eigenvalue weighted by molar-refractivity contribution is 0.0948. The molecule has 2 N–H and O–H groups in total. The van der Waals surface area contributed by atoms with Gasteiger partial charge in [0.25, 0.3) is 5.91 Å². The van der Waals surface area contributed by atoms with Gasteiger partial charge in [0, 0.05) is 19.2 Å². The van der Waals surface area contributed by atoms with Crippen molar-refractivity contribution in [3.8, 4) is 0 Å². The third-order valence-corrected chi connectivity index (χ3v) is 3.09. The molecule has 6 heteroatoms. The predicted octanol–water partition coefficient (Wildman–Crippen LogP) is 2.41. The van der Waals surface area contributed by atoms with E-state index >= 15 is 0 Å². The average Bonchev–Trinajstić information content (AvgIpc) is 2.54. The number of benzene rings is 1. The summed E-state index contributed by atoms with van der Waals surface area (Å²) in [7, 11) is 0. The summed E-state index contributed by atoms with van der Waals surface area (Å²) in [5.74, 6) is 0.112. The van der Waals surface area contributed by atoms with Crippen LogP contribution in [0.1, 0.15) is 29.4 Å². The van der Waals surface area contributed by atoms with Crippen LogP contribution < -0.4 is 10.6 Å². The van der Waals surface area contributed by atoms with Gasteiger partial charge < -0.3 is 10.6 Å². The van der Waals surface area contributed by atoms with Crippen LogP contribution in [0.5, 0.6) is 0 Å². The van der Waals surface area contributed by atoms with Gasteiger partial charge in [0.1, 0.15) is 23.7 Å². The molecule has 0 bridgehead atoms. The highest BCUT2D eigenvalue weighted by Gasteiger charge is 2.07. The molecule has 1 aromatic heterocycles. The zero-order valence-electron chi connectivity index (χ0n) is 12.5. The molecule has 1 heterocycles. The first-order chi connectivity index (χ1) is 10.7. The molecule has 0 aliphatic carbocycles. The van der Waals surface area contributed by atoms with Crippen LogP contribution in [-0.4, -0.2) is 29.0 Å². The van der Waals surface area contributed by atoms with E-state index in [4.69, 9.17) is 0 Å². The van der Waals surface area contributed by atoms with Gasteiger partial charge in [-0.05, 0) is 24.5 Å². The van der Waals surface area contributed by atoms with Gasteiger partial charge in [0.05, 0.1) is 0 Å². The smallest absolute Gasteiger partial charge is 0.270 e. The van der Waals surface area contributed by atoms with E-state index in [1.54, 1.807) is 24.3 Å². The molecular weight excluding hydrogens is 283 g/mol. The number of carbonyl (C=O) groups excluding carboxylic acids is 1. The monoisotopic (exact) mass is 302 g/mol. The van der Waals surface area contributed by atoms with E-state index in [1.165, 1.54) is 12.4 Å². The van der Waals surface area contributed by atoms with Crippen LogP contribution in [0.4, 0.5) is 10.2 Å². The van der Waals surface area contributed by atoms with Crippen molar-refractivity contribution in [1.29, 1.82) is 0 Å². The maximum atomic E-state index is 13.5. The molecule has 0 atom stereocenters. The van der Waals surface area contributed by atoms with E-state index in [2.05, 4.69) is 20.6 Å². The van der Waals surface area contributed by atoms with E-state index in [-0.39, 0.29) is 11.7 Å². The van der Waals surface area contributed by atoms with Crippen LogP contribution in [0.3, 0.4) is 0 Å². The molecule has 22 heavy (non-hydrogen) atoms. The number of halogens is 1. The molecule has 1 aromatic carbocycles. The minimum Gasteiger partial charge on any atom is -0.370 e. The molecule has 0 saturated heterocycles. The van der Waals surface area contributed by atoms with Crippen molar-refractivity contribution in [2.45, 2.75) is 19.8 Å². The number of carbonyl (C=O) groups is 1. The van der Waals surface area contributed by atoms with E-state index < -0.39 is 0 Å². The summed E-state index contributed by atoms with van der Waals surface area (Å²) in [5, 5.41) is 5.83. The molecule has 5 nitrogen and oxygen atoms in total. The summed E-state index contributed by atoms with van der Waals surface area (Å²) in [6.07, 6.45) is 2.74. The summed E-state index contributed by atoms with van der Waals surface area (Å²) in [6, 6.07) is 8.25. The van der Waals surface area contributed by atoms with Gasteiger partial charge in [-0.3, -0.25) is 4.79 Å². The Morgan fingerprint density at radius 1 is 1.23 bits per heavy atom. The summed E-state index contributed by atoms with van der Waals surface area (Å²) in [5.41, 5.74) is 0.960. The number of nitrogens with zero attached hydrogens (tertiary/aromatic N) is 2. The highest BCUT2D eigenvalue weighted by atomic mass is 19.1. The summed E-state index contributed by atoms with van der Waals surface area (Å²) in [4.78, 5) is 19.8. The molecule has 1 amide bonds. The van der Waals surface area contributed by atoms with E-state index in [9.17, 15) is 9.18 Å². The third-order valence-electron chi connectivity index (χ3n) is 3.09. The second-order valence-corrected chi connectivity index (χ2v) is 4.81. The minimum atomic E-state index is -0.221. The Labute approximate surface area is 129 Å². The number of hydrogen-bond donors (Lipinski definition) is 2. The molecule has 2 aromatic rings. The molecule has 0 radical (unpaired) electrons. The Morgan fingerprint density at radius 2 is 2.05 bits per heavy atom. The van der Waals surface area contributed by atoms with Crippen LogP contribution in [-0.2, 0) is 6.42 Å². The van der Waals surface area contributed by atoms with E-state index in [1.807, 2.05) is 6.92 Å². The van der Waals surface area contributed by atoms with Crippen LogP contribution in [0.25, 0.3) is 0 Å². The molecule has 0 aliphatic heterocycles. The zero-order valence-corrected chi connectivity index (χ0v) is 12.5. The lowest BCUT2D eigenvalue weighted by atomic mass is 10.1. The highest BCUT2D eigenvalue weighted by molar-refractivity contribution is 5.92. The lowest BCUT2D eigenvalue weighted by Gasteiger charge is -2.08.